The highest BCUT2D eigenvalue weighted by Crippen LogP contribution is 2.35. The summed E-state index contributed by atoms with van der Waals surface area (Å²) in [4.78, 5) is 0. The van der Waals surface area contributed by atoms with Crippen molar-refractivity contribution in [2.45, 2.75) is 66.2 Å². The first-order valence-corrected chi connectivity index (χ1v) is 10.2. The SMILES string of the molecule is [2H]c1cc2ccc(C(C)C)cc2c(-c2cc(C(C)C)cc(C(C)C)c2C)[n+]1C. The quantitative estimate of drug-likeness (QED) is 0.440. The van der Waals surface area contributed by atoms with E-state index in [2.05, 4.69) is 78.8 Å². The number of hydrogen-bond acceptors (Lipinski definition) is 0. The number of benzene rings is 2. The van der Waals surface area contributed by atoms with Gasteiger partial charge in [-0.1, -0.05) is 59.7 Å². The average molecular weight is 362 g/mol. The molecule has 0 radical (unpaired) electrons. The molecular weight excluding hydrogens is 326 g/mol. The lowest BCUT2D eigenvalue weighted by Crippen LogP contribution is -2.31. The van der Waals surface area contributed by atoms with Crippen LogP contribution in [0.3, 0.4) is 0 Å². The molecule has 0 spiro atoms. The first kappa shape index (κ1) is 18.2. The van der Waals surface area contributed by atoms with Gasteiger partial charge in [0.1, 0.15) is 8.42 Å². The molecule has 0 aliphatic carbocycles. The molecule has 2 aromatic carbocycles. The van der Waals surface area contributed by atoms with Gasteiger partial charge < -0.3 is 0 Å². The fraction of sp³-hybridized carbons (Fsp3) is 0.423. The number of pyridine rings is 1. The second-order valence-electron chi connectivity index (χ2n) is 8.77. The minimum absolute atomic E-state index is 0.471. The van der Waals surface area contributed by atoms with Gasteiger partial charge >= 0.3 is 0 Å². The van der Waals surface area contributed by atoms with Gasteiger partial charge in [-0.25, -0.2) is 4.57 Å². The molecule has 0 fully saturated rings. The van der Waals surface area contributed by atoms with Crippen LogP contribution in [0.15, 0.2) is 42.6 Å². The number of fused-ring (bicyclic) bond motifs is 1. The second-order valence-corrected chi connectivity index (χ2v) is 8.77. The maximum atomic E-state index is 8.54. The summed E-state index contributed by atoms with van der Waals surface area (Å²) in [5, 5.41) is 2.38. The monoisotopic (exact) mass is 361 g/mol. The summed E-state index contributed by atoms with van der Waals surface area (Å²) in [6, 6.07) is 13.4. The summed E-state index contributed by atoms with van der Waals surface area (Å²) in [6.45, 7) is 15.8. The largest absolute Gasteiger partial charge is 0.220 e. The van der Waals surface area contributed by atoms with E-state index in [-0.39, 0.29) is 0 Å². The molecule has 0 unspecified atom stereocenters. The Morgan fingerprint density at radius 2 is 1.48 bits per heavy atom. The van der Waals surface area contributed by atoms with E-state index in [4.69, 9.17) is 1.37 Å². The van der Waals surface area contributed by atoms with E-state index < -0.39 is 0 Å². The van der Waals surface area contributed by atoms with Crippen molar-refractivity contribution in [1.29, 1.82) is 0 Å². The van der Waals surface area contributed by atoms with Crippen LogP contribution in [-0.4, -0.2) is 0 Å². The maximum Gasteiger partial charge on any atom is 0.220 e. The Kier molecular flexibility index (Phi) is 5.04. The van der Waals surface area contributed by atoms with Crippen molar-refractivity contribution in [3.05, 3.63) is 64.8 Å². The molecule has 1 heteroatoms. The molecule has 27 heavy (non-hydrogen) atoms. The molecule has 0 bridgehead atoms. The van der Waals surface area contributed by atoms with Crippen LogP contribution in [0.1, 0.15) is 82.9 Å². The molecule has 0 atom stereocenters. The average Bonchev–Trinajstić information content (AvgIpc) is 2.62. The lowest BCUT2D eigenvalue weighted by Gasteiger charge is -2.18. The molecule has 3 aromatic rings. The van der Waals surface area contributed by atoms with Crippen molar-refractivity contribution in [2.24, 2.45) is 7.05 Å². The van der Waals surface area contributed by atoms with Crippen LogP contribution in [0.5, 0.6) is 0 Å². The van der Waals surface area contributed by atoms with Crippen molar-refractivity contribution in [1.82, 2.24) is 0 Å². The molecule has 1 nitrogen and oxygen atoms in total. The molecule has 1 aromatic heterocycles. The third kappa shape index (κ3) is 3.65. The van der Waals surface area contributed by atoms with Crippen LogP contribution < -0.4 is 4.57 Å². The van der Waals surface area contributed by atoms with Crippen LogP contribution in [0, 0.1) is 6.92 Å². The Labute approximate surface area is 166 Å². The summed E-state index contributed by atoms with van der Waals surface area (Å²) >= 11 is 0. The van der Waals surface area contributed by atoms with Crippen LogP contribution in [0.25, 0.3) is 22.0 Å². The molecule has 0 saturated heterocycles. The fourth-order valence-electron chi connectivity index (χ4n) is 3.94. The van der Waals surface area contributed by atoms with Crippen molar-refractivity contribution in [2.75, 3.05) is 0 Å². The second kappa shape index (κ2) is 7.46. The minimum atomic E-state index is 0.471. The molecule has 0 amide bonds. The lowest BCUT2D eigenvalue weighted by molar-refractivity contribution is -0.659. The summed E-state index contributed by atoms with van der Waals surface area (Å²) in [7, 11) is 2.02. The van der Waals surface area contributed by atoms with Gasteiger partial charge in [0.25, 0.3) is 0 Å². The summed E-state index contributed by atoms with van der Waals surface area (Å²) in [6.07, 6.45) is 0.542. The van der Waals surface area contributed by atoms with Gasteiger partial charge in [-0.15, -0.1) is 0 Å². The summed E-state index contributed by atoms with van der Waals surface area (Å²) in [5.41, 5.74) is 7.87. The zero-order chi connectivity index (χ0) is 20.7. The first-order chi connectivity index (χ1) is 13.1. The predicted octanol–water partition coefficient (Wildman–Crippen LogP) is 7.01. The van der Waals surface area contributed by atoms with Gasteiger partial charge in [0.2, 0.25) is 5.69 Å². The normalized spacial score (nSPS) is 12.5. The molecule has 1 heterocycles. The van der Waals surface area contributed by atoms with Crippen molar-refractivity contribution in [3.63, 3.8) is 0 Å². The van der Waals surface area contributed by atoms with E-state index in [9.17, 15) is 0 Å². The Hall–Kier alpha value is -2.15. The smallest absolute Gasteiger partial charge is 0.200 e. The Morgan fingerprint density at radius 1 is 0.815 bits per heavy atom. The van der Waals surface area contributed by atoms with Crippen molar-refractivity contribution < 1.29 is 5.94 Å². The number of nitrogens with zero attached hydrogens (tertiary/aromatic N) is 1. The highest BCUT2D eigenvalue weighted by molar-refractivity contribution is 5.94. The zero-order valence-electron chi connectivity index (χ0n) is 19.1. The van der Waals surface area contributed by atoms with E-state index in [1.54, 1.807) is 0 Å². The van der Waals surface area contributed by atoms with Crippen molar-refractivity contribution in [3.8, 4) is 11.3 Å². The topological polar surface area (TPSA) is 3.88 Å². The first-order valence-electron chi connectivity index (χ1n) is 10.7. The standard InChI is InChI=1S/C26H34N/c1-16(2)21-10-9-20-11-12-27(8)26(25(20)13-21)24-15-22(17(3)4)14-23(18(5)6)19(24)7/h9-18H,1-8H3/q+1/i12D. The molecule has 0 saturated carbocycles. The van der Waals surface area contributed by atoms with Gasteiger partial charge in [0, 0.05) is 6.07 Å². The van der Waals surface area contributed by atoms with Crippen LogP contribution >= 0.6 is 0 Å². The van der Waals surface area contributed by atoms with E-state index >= 15 is 0 Å². The Balaban J connectivity index is 2.46. The van der Waals surface area contributed by atoms with E-state index in [1.807, 2.05) is 17.7 Å². The fourth-order valence-corrected chi connectivity index (χ4v) is 3.94. The minimum Gasteiger partial charge on any atom is -0.200 e. The van der Waals surface area contributed by atoms with Crippen LogP contribution in [0.2, 0.25) is 0 Å². The Bertz CT molecular complexity index is 1030. The third-order valence-electron chi connectivity index (χ3n) is 5.76. The van der Waals surface area contributed by atoms with E-state index in [0.29, 0.717) is 23.9 Å². The summed E-state index contributed by atoms with van der Waals surface area (Å²) in [5.74, 6) is 1.42. The lowest BCUT2D eigenvalue weighted by atomic mass is 9.86. The third-order valence-corrected chi connectivity index (χ3v) is 5.76. The van der Waals surface area contributed by atoms with Crippen LogP contribution in [-0.2, 0) is 7.05 Å². The highest BCUT2D eigenvalue weighted by atomic mass is 14.9. The van der Waals surface area contributed by atoms with Gasteiger partial charge in [0.15, 0.2) is 6.17 Å². The molecule has 3 rings (SSSR count). The van der Waals surface area contributed by atoms with Gasteiger partial charge in [-0.3, -0.25) is 0 Å². The molecule has 0 aliphatic rings. The van der Waals surface area contributed by atoms with Crippen molar-refractivity contribution >= 4 is 10.8 Å². The van der Waals surface area contributed by atoms with Crippen LogP contribution in [0.4, 0.5) is 0 Å². The number of aromatic nitrogens is 1. The maximum absolute atomic E-state index is 8.54. The van der Waals surface area contributed by atoms with Gasteiger partial charge in [-0.05, 0) is 64.5 Å². The Morgan fingerprint density at radius 3 is 2.07 bits per heavy atom. The molecule has 142 valence electrons. The molecule has 0 N–H and O–H groups in total. The van der Waals surface area contributed by atoms with E-state index in [1.165, 1.54) is 33.2 Å². The highest BCUT2D eigenvalue weighted by Gasteiger charge is 2.21. The van der Waals surface area contributed by atoms with Gasteiger partial charge in [0.05, 0.1) is 10.9 Å². The predicted molar refractivity (Wildman–Crippen MR) is 118 cm³/mol. The zero-order valence-corrected chi connectivity index (χ0v) is 18.1. The number of rotatable bonds is 4. The van der Waals surface area contributed by atoms with Gasteiger partial charge in [-0.2, -0.15) is 0 Å². The molecule has 0 aliphatic heterocycles. The van der Waals surface area contributed by atoms with E-state index in [0.717, 1.165) is 11.1 Å². The summed E-state index contributed by atoms with van der Waals surface area (Å²) < 4.78 is 10.6. The molecular formula is C26H34N+. The number of hydrogen-bond donors (Lipinski definition) is 0.